The van der Waals surface area contributed by atoms with E-state index < -0.39 is 5.60 Å². The van der Waals surface area contributed by atoms with Crippen LogP contribution in [0, 0.1) is 0 Å². The van der Waals surface area contributed by atoms with Crippen LogP contribution in [0.15, 0.2) is 0 Å². The molecule has 1 aliphatic rings. The Bertz CT molecular complexity index is 138. The number of alkyl halides is 1. The largest absolute Gasteiger partial charge is 0.390 e. The molecule has 2 nitrogen and oxygen atoms in total. The van der Waals surface area contributed by atoms with Crippen molar-refractivity contribution in [2.24, 2.45) is 0 Å². The topological polar surface area (TPSA) is 23.5 Å². The number of hydrogen-bond donors (Lipinski definition) is 1. The van der Waals surface area contributed by atoms with Gasteiger partial charge in [-0.1, -0.05) is 22.6 Å². The van der Waals surface area contributed by atoms with Gasteiger partial charge in [-0.3, -0.25) is 0 Å². The van der Waals surface area contributed by atoms with Gasteiger partial charge in [0.25, 0.3) is 0 Å². The van der Waals surface area contributed by atoms with Gasteiger partial charge in [0.15, 0.2) is 0 Å². The summed E-state index contributed by atoms with van der Waals surface area (Å²) in [5.41, 5.74) is -0.403. The predicted octanol–water partition coefficient (Wildman–Crippen LogP) is 1.66. The second-order valence-corrected chi connectivity index (χ2v) is 4.96. The number of hydrogen-bond acceptors (Lipinski definition) is 2. The van der Waals surface area contributed by atoms with Crippen LogP contribution in [0.1, 0.15) is 26.2 Å². The van der Waals surface area contributed by atoms with E-state index in [9.17, 15) is 5.11 Å². The highest BCUT2D eigenvalue weighted by Gasteiger charge is 2.24. The average Bonchev–Trinajstić information content (AvgIpc) is 2.14. The van der Waals surface area contributed by atoms with Gasteiger partial charge in [0.2, 0.25) is 0 Å². The van der Waals surface area contributed by atoms with Crippen molar-refractivity contribution in [1.82, 2.24) is 4.90 Å². The summed E-state index contributed by atoms with van der Waals surface area (Å²) in [4.78, 5) is 2.45. The molecule has 0 saturated carbocycles. The maximum Gasteiger partial charge on any atom is 0.0632 e. The number of halogens is 1. The molecular formula is C9H18INO. The molecule has 1 fully saturated rings. The van der Waals surface area contributed by atoms with Crippen LogP contribution in [0.25, 0.3) is 0 Å². The summed E-state index contributed by atoms with van der Waals surface area (Å²) in [6, 6.07) is 0. The molecule has 1 aliphatic heterocycles. The Balaban J connectivity index is 2.34. The van der Waals surface area contributed by atoms with Gasteiger partial charge in [0.05, 0.1) is 5.60 Å². The lowest BCUT2D eigenvalue weighted by molar-refractivity contribution is 0.0449. The highest BCUT2D eigenvalue weighted by Crippen LogP contribution is 2.21. The first kappa shape index (κ1) is 10.7. The maximum atomic E-state index is 9.81. The van der Waals surface area contributed by atoms with Crippen molar-refractivity contribution in [1.29, 1.82) is 0 Å². The van der Waals surface area contributed by atoms with Gasteiger partial charge in [0, 0.05) is 17.5 Å². The van der Waals surface area contributed by atoms with Crippen LogP contribution in [0.3, 0.4) is 0 Å². The summed E-state index contributed by atoms with van der Waals surface area (Å²) < 4.78 is 1.19. The van der Waals surface area contributed by atoms with E-state index in [1.807, 2.05) is 6.92 Å². The Hall–Kier alpha value is 0.650. The van der Waals surface area contributed by atoms with Crippen LogP contribution >= 0.6 is 22.6 Å². The molecule has 0 aliphatic carbocycles. The van der Waals surface area contributed by atoms with Crippen molar-refractivity contribution in [3.63, 3.8) is 0 Å². The van der Waals surface area contributed by atoms with Crippen LogP contribution in [-0.2, 0) is 0 Å². The molecule has 1 heterocycles. The third-order valence-corrected chi connectivity index (χ3v) is 3.04. The molecule has 1 atom stereocenters. The minimum Gasteiger partial charge on any atom is -0.390 e. The Morgan fingerprint density at radius 1 is 1.42 bits per heavy atom. The second kappa shape index (κ2) is 4.77. The van der Waals surface area contributed by atoms with Crippen molar-refractivity contribution < 1.29 is 5.11 Å². The first-order valence-corrected chi connectivity index (χ1v) is 6.17. The van der Waals surface area contributed by atoms with E-state index in [1.54, 1.807) is 0 Å². The van der Waals surface area contributed by atoms with Crippen molar-refractivity contribution in [3.8, 4) is 0 Å². The molecular weight excluding hydrogens is 265 g/mol. The lowest BCUT2D eigenvalue weighted by atomic mass is 9.98. The summed E-state index contributed by atoms with van der Waals surface area (Å²) >= 11 is 2.41. The van der Waals surface area contributed by atoms with Gasteiger partial charge in [-0.05, 0) is 32.7 Å². The second-order valence-electron chi connectivity index (χ2n) is 3.88. The van der Waals surface area contributed by atoms with Crippen molar-refractivity contribution in [2.45, 2.75) is 31.8 Å². The van der Waals surface area contributed by atoms with E-state index in [0.717, 1.165) is 25.8 Å². The number of aliphatic hydroxyl groups is 1. The molecule has 1 unspecified atom stereocenters. The van der Waals surface area contributed by atoms with Crippen LogP contribution in [-0.4, -0.2) is 39.7 Å². The van der Waals surface area contributed by atoms with Crippen molar-refractivity contribution in [3.05, 3.63) is 0 Å². The zero-order chi connectivity index (χ0) is 9.03. The van der Waals surface area contributed by atoms with E-state index in [2.05, 4.69) is 27.5 Å². The van der Waals surface area contributed by atoms with Gasteiger partial charge >= 0.3 is 0 Å². The van der Waals surface area contributed by atoms with Gasteiger partial charge in [-0.15, -0.1) is 0 Å². The summed E-state index contributed by atoms with van der Waals surface area (Å²) in [7, 11) is 0. The van der Waals surface area contributed by atoms with E-state index in [1.165, 1.54) is 17.5 Å². The summed E-state index contributed by atoms with van der Waals surface area (Å²) in [6.45, 7) is 5.37. The predicted molar refractivity (Wildman–Crippen MR) is 59.8 cm³/mol. The molecule has 0 aromatic carbocycles. The first-order valence-electron chi connectivity index (χ1n) is 4.65. The summed E-state index contributed by atoms with van der Waals surface area (Å²) in [5, 5.41) is 9.81. The van der Waals surface area contributed by atoms with Crippen LogP contribution in [0.4, 0.5) is 0 Å². The van der Waals surface area contributed by atoms with Gasteiger partial charge in [-0.2, -0.15) is 0 Å². The van der Waals surface area contributed by atoms with E-state index in [4.69, 9.17) is 0 Å². The molecule has 72 valence electrons. The van der Waals surface area contributed by atoms with Gasteiger partial charge in [-0.25, -0.2) is 0 Å². The number of rotatable bonds is 2. The molecule has 3 heteroatoms. The Morgan fingerprint density at radius 3 is 2.83 bits per heavy atom. The minimum absolute atomic E-state index is 0.403. The molecule has 0 aromatic heterocycles. The Labute approximate surface area is 88.5 Å². The highest BCUT2D eigenvalue weighted by atomic mass is 127. The standard InChI is InChI=1S/C9H18INO/c1-9(12)3-2-6-11(7-4-9)8-5-10/h12H,2-8H2,1H3. The lowest BCUT2D eigenvalue weighted by Gasteiger charge is -2.21. The minimum atomic E-state index is -0.403. The quantitative estimate of drug-likeness (QED) is 0.615. The molecule has 12 heavy (non-hydrogen) atoms. The third-order valence-electron chi connectivity index (χ3n) is 2.56. The Kier molecular flexibility index (Phi) is 4.26. The van der Waals surface area contributed by atoms with Gasteiger partial charge in [0.1, 0.15) is 0 Å². The van der Waals surface area contributed by atoms with E-state index in [0.29, 0.717) is 0 Å². The fourth-order valence-corrected chi connectivity index (χ4v) is 2.34. The normalized spacial score (nSPS) is 33.2. The van der Waals surface area contributed by atoms with Crippen molar-refractivity contribution >= 4 is 22.6 Å². The summed E-state index contributed by atoms with van der Waals surface area (Å²) in [5.74, 6) is 0. The highest BCUT2D eigenvalue weighted by molar-refractivity contribution is 14.1. The number of likely N-dealkylation sites (tertiary alicyclic amines) is 1. The third kappa shape index (κ3) is 3.58. The number of nitrogens with zero attached hydrogens (tertiary/aromatic N) is 1. The van der Waals surface area contributed by atoms with Crippen LogP contribution in [0.2, 0.25) is 0 Å². The zero-order valence-electron chi connectivity index (χ0n) is 7.72. The molecule has 1 rings (SSSR count). The van der Waals surface area contributed by atoms with Gasteiger partial charge < -0.3 is 10.0 Å². The average molecular weight is 283 g/mol. The molecule has 1 N–H and O–H groups in total. The molecule has 0 radical (unpaired) electrons. The maximum absolute atomic E-state index is 9.81. The molecule has 0 aromatic rings. The zero-order valence-corrected chi connectivity index (χ0v) is 9.88. The molecule has 0 spiro atoms. The lowest BCUT2D eigenvalue weighted by Crippen LogP contribution is -2.29. The van der Waals surface area contributed by atoms with Crippen LogP contribution < -0.4 is 0 Å². The van der Waals surface area contributed by atoms with E-state index >= 15 is 0 Å². The smallest absolute Gasteiger partial charge is 0.0632 e. The molecule has 1 saturated heterocycles. The summed E-state index contributed by atoms with van der Waals surface area (Å²) in [6.07, 6.45) is 3.04. The SMILES string of the molecule is CC1(O)CCCN(CCI)CC1. The van der Waals surface area contributed by atoms with Crippen LogP contribution in [0.5, 0.6) is 0 Å². The Morgan fingerprint density at radius 2 is 2.17 bits per heavy atom. The monoisotopic (exact) mass is 283 g/mol. The van der Waals surface area contributed by atoms with Crippen molar-refractivity contribution in [2.75, 3.05) is 24.1 Å². The van der Waals surface area contributed by atoms with E-state index in [-0.39, 0.29) is 0 Å². The first-order chi connectivity index (χ1) is 5.64. The fraction of sp³-hybridized carbons (Fsp3) is 1.00. The molecule has 0 bridgehead atoms. The molecule has 0 amide bonds. The fourth-order valence-electron chi connectivity index (χ4n) is 1.66.